The maximum atomic E-state index is 10.7. The summed E-state index contributed by atoms with van der Waals surface area (Å²) >= 11 is 0. The van der Waals surface area contributed by atoms with E-state index in [-0.39, 0.29) is 0 Å². The molecule has 1 atom stereocenters. The Hall–Kier alpha value is -2.67. The molecule has 1 fully saturated rings. The quantitative estimate of drug-likeness (QED) is 0.351. The average molecular weight is 478 g/mol. The topological polar surface area (TPSA) is 59.8 Å². The molecular formula is C29H39N3O3. The number of hydrogen-bond acceptors (Lipinski definition) is 5. The summed E-state index contributed by atoms with van der Waals surface area (Å²) in [6.45, 7) is 11.5. The van der Waals surface area contributed by atoms with Gasteiger partial charge in [0.2, 0.25) is 5.88 Å². The van der Waals surface area contributed by atoms with Gasteiger partial charge in [-0.2, -0.15) is 5.10 Å². The lowest BCUT2D eigenvalue weighted by molar-refractivity contribution is 0.00609. The van der Waals surface area contributed by atoms with Crippen molar-refractivity contribution in [1.29, 1.82) is 0 Å². The van der Waals surface area contributed by atoms with Gasteiger partial charge < -0.3 is 14.6 Å². The summed E-state index contributed by atoms with van der Waals surface area (Å²) in [4.78, 5) is 2.34. The highest BCUT2D eigenvalue weighted by molar-refractivity contribution is 5.43. The lowest BCUT2D eigenvalue weighted by atomic mass is 10.2. The summed E-state index contributed by atoms with van der Waals surface area (Å²) in [5, 5.41) is 15.6. The molecule has 35 heavy (non-hydrogen) atoms. The van der Waals surface area contributed by atoms with Gasteiger partial charge in [-0.05, 0) is 68.4 Å². The summed E-state index contributed by atoms with van der Waals surface area (Å²) in [5.74, 6) is 2.67. The van der Waals surface area contributed by atoms with Crippen LogP contribution in [0.15, 0.2) is 54.6 Å². The minimum atomic E-state index is -0.530. The molecule has 1 aliphatic carbocycles. The van der Waals surface area contributed by atoms with Crippen molar-refractivity contribution in [3.8, 4) is 17.3 Å². The third-order valence-electron chi connectivity index (χ3n) is 6.17. The van der Waals surface area contributed by atoms with Crippen molar-refractivity contribution in [2.24, 2.45) is 11.8 Å². The van der Waals surface area contributed by atoms with Gasteiger partial charge in [0.1, 0.15) is 5.75 Å². The maximum Gasteiger partial charge on any atom is 0.227 e. The highest BCUT2D eigenvalue weighted by Crippen LogP contribution is 2.34. The third kappa shape index (κ3) is 7.40. The van der Waals surface area contributed by atoms with E-state index in [1.54, 1.807) is 0 Å². The van der Waals surface area contributed by atoms with Gasteiger partial charge in [0.15, 0.2) is 0 Å². The smallest absolute Gasteiger partial charge is 0.227 e. The highest BCUT2D eigenvalue weighted by atomic mass is 16.5. The number of ether oxygens (including phenoxy) is 2. The van der Waals surface area contributed by atoms with E-state index in [4.69, 9.17) is 14.6 Å². The number of hydrogen-bond donors (Lipinski definition) is 1. The zero-order valence-corrected chi connectivity index (χ0v) is 21.5. The highest BCUT2D eigenvalue weighted by Gasteiger charge is 2.28. The molecule has 6 nitrogen and oxygen atoms in total. The van der Waals surface area contributed by atoms with E-state index >= 15 is 0 Å². The van der Waals surface area contributed by atoms with Gasteiger partial charge in [-0.25, -0.2) is 4.68 Å². The molecule has 1 unspecified atom stereocenters. The lowest BCUT2D eigenvalue weighted by Crippen LogP contribution is -2.36. The number of nitrogens with zero attached hydrogens (tertiary/aromatic N) is 3. The van der Waals surface area contributed by atoms with Gasteiger partial charge >= 0.3 is 0 Å². The Morgan fingerprint density at radius 2 is 1.83 bits per heavy atom. The standard InChI is InChI=1S/C29H39N3O3/c1-21(2)19-34-20-26(33)17-31(16-24-13-14-24)18-28-23(4)30-32(25-10-6-5-7-11-25)29(28)35-27-12-8-9-22(3)15-27/h5-12,15,21,24,26,33H,13-14,16-20H2,1-4H3. The Bertz CT molecular complexity index is 1080. The SMILES string of the molecule is Cc1cccc(Oc2c(CN(CC(O)COCC(C)C)CC3CC3)c(C)nn2-c2ccccc2)c1. The molecule has 1 aromatic heterocycles. The number of aromatic nitrogens is 2. The van der Waals surface area contributed by atoms with Crippen molar-refractivity contribution in [3.05, 3.63) is 71.4 Å². The zero-order chi connectivity index (χ0) is 24.8. The molecule has 0 spiro atoms. The monoisotopic (exact) mass is 477 g/mol. The van der Waals surface area contributed by atoms with Gasteiger partial charge in [-0.1, -0.05) is 44.2 Å². The van der Waals surface area contributed by atoms with Gasteiger partial charge in [0.05, 0.1) is 29.7 Å². The number of aryl methyl sites for hydroxylation is 2. The molecule has 1 aliphatic rings. The predicted octanol–water partition coefficient (Wildman–Crippen LogP) is 5.53. The summed E-state index contributed by atoms with van der Waals surface area (Å²) in [6, 6.07) is 18.2. The van der Waals surface area contributed by atoms with Crippen LogP contribution < -0.4 is 4.74 Å². The fraction of sp³-hybridized carbons (Fsp3) is 0.483. The molecule has 0 amide bonds. The van der Waals surface area contributed by atoms with Crippen LogP contribution in [0.2, 0.25) is 0 Å². The first kappa shape index (κ1) is 25.4. The number of aliphatic hydroxyl groups is 1. The molecular weight excluding hydrogens is 438 g/mol. The van der Waals surface area contributed by atoms with E-state index in [0.717, 1.165) is 40.7 Å². The Morgan fingerprint density at radius 1 is 1.06 bits per heavy atom. The van der Waals surface area contributed by atoms with Crippen molar-refractivity contribution in [3.63, 3.8) is 0 Å². The first-order valence-electron chi connectivity index (χ1n) is 12.8. The van der Waals surface area contributed by atoms with E-state index in [0.29, 0.717) is 38.1 Å². The number of rotatable bonds is 13. The molecule has 6 heteroatoms. The largest absolute Gasteiger partial charge is 0.439 e. The van der Waals surface area contributed by atoms with Crippen LogP contribution in [0, 0.1) is 25.7 Å². The van der Waals surface area contributed by atoms with Crippen LogP contribution in [-0.4, -0.2) is 52.2 Å². The van der Waals surface area contributed by atoms with Crippen LogP contribution >= 0.6 is 0 Å². The Labute approximate surface area is 209 Å². The summed E-state index contributed by atoms with van der Waals surface area (Å²) in [5.41, 5.74) is 4.08. The second-order valence-corrected chi connectivity index (χ2v) is 10.3. The molecule has 1 N–H and O–H groups in total. The molecule has 3 aromatic rings. The van der Waals surface area contributed by atoms with Crippen molar-refractivity contribution in [2.45, 2.75) is 53.2 Å². The third-order valence-corrected chi connectivity index (χ3v) is 6.17. The molecule has 0 bridgehead atoms. The number of para-hydroxylation sites is 1. The number of aliphatic hydroxyl groups excluding tert-OH is 1. The summed E-state index contributed by atoms with van der Waals surface area (Å²) in [7, 11) is 0. The summed E-state index contributed by atoms with van der Waals surface area (Å²) < 4.78 is 14.1. The van der Waals surface area contributed by atoms with Gasteiger partial charge in [-0.15, -0.1) is 0 Å². The first-order valence-corrected chi connectivity index (χ1v) is 12.8. The molecule has 0 saturated heterocycles. The van der Waals surface area contributed by atoms with Crippen molar-refractivity contribution in [1.82, 2.24) is 14.7 Å². The molecule has 188 valence electrons. The van der Waals surface area contributed by atoms with Crippen LogP contribution in [0.1, 0.15) is 43.5 Å². The second kappa shape index (κ2) is 11.8. The normalized spacial score (nSPS) is 14.6. The Morgan fingerprint density at radius 3 is 2.51 bits per heavy atom. The number of benzene rings is 2. The molecule has 4 rings (SSSR count). The zero-order valence-electron chi connectivity index (χ0n) is 21.5. The molecule has 0 radical (unpaired) electrons. The average Bonchev–Trinajstić information content (AvgIpc) is 3.58. The van der Waals surface area contributed by atoms with E-state index in [9.17, 15) is 5.11 Å². The van der Waals surface area contributed by atoms with Crippen LogP contribution in [0.4, 0.5) is 0 Å². The van der Waals surface area contributed by atoms with E-state index in [2.05, 4.69) is 31.7 Å². The van der Waals surface area contributed by atoms with Crippen LogP contribution in [0.25, 0.3) is 5.69 Å². The first-order chi connectivity index (χ1) is 16.9. The maximum absolute atomic E-state index is 10.7. The minimum Gasteiger partial charge on any atom is -0.439 e. The molecule has 0 aliphatic heterocycles. The van der Waals surface area contributed by atoms with Crippen LogP contribution in [-0.2, 0) is 11.3 Å². The molecule has 2 aromatic carbocycles. The second-order valence-electron chi connectivity index (χ2n) is 10.3. The van der Waals surface area contributed by atoms with Crippen LogP contribution in [0.5, 0.6) is 11.6 Å². The van der Waals surface area contributed by atoms with Gasteiger partial charge in [0, 0.05) is 26.2 Å². The van der Waals surface area contributed by atoms with Crippen molar-refractivity contribution in [2.75, 3.05) is 26.3 Å². The van der Waals surface area contributed by atoms with E-state index in [1.807, 2.05) is 60.1 Å². The van der Waals surface area contributed by atoms with Gasteiger partial charge in [0.25, 0.3) is 0 Å². The molecule has 1 saturated carbocycles. The van der Waals surface area contributed by atoms with Gasteiger partial charge in [-0.3, -0.25) is 4.90 Å². The predicted molar refractivity (Wildman–Crippen MR) is 139 cm³/mol. The van der Waals surface area contributed by atoms with E-state index in [1.165, 1.54) is 12.8 Å². The Balaban J connectivity index is 1.60. The Kier molecular flexibility index (Phi) is 8.60. The minimum absolute atomic E-state index is 0.355. The fourth-order valence-electron chi connectivity index (χ4n) is 4.24. The molecule has 1 heterocycles. The van der Waals surface area contributed by atoms with Crippen LogP contribution in [0.3, 0.4) is 0 Å². The van der Waals surface area contributed by atoms with Crippen molar-refractivity contribution >= 4 is 0 Å². The summed E-state index contributed by atoms with van der Waals surface area (Å²) in [6.07, 6.45) is 1.98. The van der Waals surface area contributed by atoms with E-state index < -0.39 is 6.10 Å². The van der Waals surface area contributed by atoms with Crippen molar-refractivity contribution < 1.29 is 14.6 Å². The fourth-order valence-corrected chi connectivity index (χ4v) is 4.24. The lowest BCUT2D eigenvalue weighted by Gasteiger charge is -2.25.